The first kappa shape index (κ1) is 12.3. The van der Waals surface area contributed by atoms with Gasteiger partial charge in [-0.05, 0) is 23.8 Å². The van der Waals surface area contributed by atoms with Crippen molar-refractivity contribution in [1.82, 2.24) is 5.32 Å². The first-order valence-electron chi connectivity index (χ1n) is 5.16. The molecule has 1 fully saturated rings. The molecule has 0 aliphatic carbocycles. The maximum atomic E-state index is 13.5. The topological polar surface area (TPSA) is 55.1 Å². The van der Waals surface area contributed by atoms with Crippen LogP contribution in [0.15, 0.2) is 18.2 Å². The van der Waals surface area contributed by atoms with Gasteiger partial charge in [-0.25, -0.2) is 8.78 Å². The van der Waals surface area contributed by atoms with E-state index >= 15 is 0 Å². The minimum atomic E-state index is -1.02. The number of nitrogens with one attached hydrogen (secondary N) is 1. The van der Waals surface area contributed by atoms with Gasteiger partial charge in [0.25, 0.3) is 0 Å². The number of carbonyl (C=O) groups is 1. The number of rotatable bonds is 3. The number of carbonyl (C=O) groups excluding carboxylic acids is 1. The molecule has 1 aromatic carbocycles. The summed E-state index contributed by atoms with van der Waals surface area (Å²) in [5.74, 6) is -0.881. The fraction of sp³-hybridized carbons (Fsp3) is 0.364. The van der Waals surface area contributed by atoms with Gasteiger partial charge in [0.15, 0.2) is 0 Å². The molecule has 1 unspecified atom stereocenters. The molecule has 0 saturated carbocycles. The molecular weight excluding hydrogens is 246 g/mol. The van der Waals surface area contributed by atoms with Gasteiger partial charge in [-0.1, -0.05) is 0 Å². The fourth-order valence-corrected chi connectivity index (χ4v) is 2.99. The minimum Gasteiger partial charge on any atom is -0.367 e. The molecule has 0 aromatic heterocycles. The maximum absolute atomic E-state index is 13.5. The van der Waals surface area contributed by atoms with E-state index in [-0.39, 0.29) is 12.0 Å². The van der Waals surface area contributed by atoms with Gasteiger partial charge in [-0.2, -0.15) is 0 Å². The zero-order chi connectivity index (χ0) is 12.5. The molecule has 0 bridgehead atoms. The number of hydrogen-bond donors (Lipinski definition) is 2. The second-order valence-electron chi connectivity index (χ2n) is 3.88. The van der Waals surface area contributed by atoms with Gasteiger partial charge < -0.3 is 5.73 Å². The highest BCUT2D eigenvalue weighted by molar-refractivity contribution is 8.01. The number of nitrogens with two attached hydrogens (primary N) is 1. The molecule has 1 amide bonds. The van der Waals surface area contributed by atoms with Crippen molar-refractivity contribution >= 4 is 17.7 Å². The van der Waals surface area contributed by atoms with Crippen molar-refractivity contribution in [3.63, 3.8) is 0 Å². The van der Waals surface area contributed by atoms with Crippen molar-refractivity contribution in [2.45, 2.75) is 11.3 Å². The SMILES string of the molecule is NC(=O)C1(Cc2cc(F)ccc2F)NCCS1. The van der Waals surface area contributed by atoms with Crippen LogP contribution < -0.4 is 11.1 Å². The highest BCUT2D eigenvalue weighted by Gasteiger charge is 2.41. The van der Waals surface area contributed by atoms with Gasteiger partial charge in [0.05, 0.1) is 0 Å². The lowest BCUT2D eigenvalue weighted by atomic mass is 10.0. The third kappa shape index (κ3) is 2.42. The molecule has 1 aliphatic heterocycles. The molecule has 0 spiro atoms. The van der Waals surface area contributed by atoms with E-state index in [0.29, 0.717) is 6.54 Å². The zero-order valence-corrected chi connectivity index (χ0v) is 9.82. The van der Waals surface area contributed by atoms with Crippen LogP contribution in [0.2, 0.25) is 0 Å². The summed E-state index contributed by atoms with van der Waals surface area (Å²) in [4.78, 5) is 10.4. The van der Waals surface area contributed by atoms with E-state index in [1.54, 1.807) is 0 Å². The lowest BCUT2D eigenvalue weighted by Crippen LogP contribution is -2.51. The molecule has 1 heterocycles. The second kappa shape index (κ2) is 4.62. The normalized spacial score (nSPS) is 23.9. The molecule has 1 atom stereocenters. The van der Waals surface area contributed by atoms with Gasteiger partial charge in [0.2, 0.25) is 5.91 Å². The van der Waals surface area contributed by atoms with Crippen molar-refractivity contribution in [1.29, 1.82) is 0 Å². The molecule has 1 saturated heterocycles. The molecule has 3 nitrogen and oxygen atoms in total. The Kier molecular flexibility index (Phi) is 3.35. The van der Waals surface area contributed by atoms with E-state index < -0.39 is 22.4 Å². The first-order chi connectivity index (χ1) is 8.03. The monoisotopic (exact) mass is 258 g/mol. The summed E-state index contributed by atoms with van der Waals surface area (Å²) in [5.41, 5.74) is 5.49. The van der Waals surface area contributed by atoms with Crippen molar-refractivity contribution in [3.8, 4) is 0 Å². The van der Waals surface area contributed by atoms with E-state index in [2.05, 4.69) is 5.32 Å². The number of amides is 1. The first-order valence-corrected chi connectivity index (χ1v) is 6.15. The van der Waals surface area contributed by atoms with Crippen LogP contribution in [0.3, 0.4) is 0 Å². The van der Waals surface area contributed by atoms with Crippen molar-refractivity contribution in [3.05, 3.63) is 35.4 Å². The Morgan fingerprint density at radius 2 is 2.29 bits per heavy atom. The van der Waals surface area contributed by atoms with Crippen molar-refractivity contribution in [2.24, 2.45) is 5.73 Å². The Morgan fingerprint density at radius 1 is 1.53 bits per heavy atom. The van der Waals surface area contributed by atoms with E-state index in [4.69, 9.17) is 5.73 Å². The number of benzene rings is 1. The number of halogens is 2. The molecular formula is C11H12F2N2OS. The maximum Gasteiger partial charge on any atom is 0.248 e. The molecule has 17 heavy (non-hydrogen) atoms. The number of thioether (sulfide) groups is 1. The van der Waals surface area contributed by atoms with E-state index in [1.807, 2.05) is 0 Å². The molecule has 0 radical (unpaired) electrons. The minimum absolute atomic E-state index is 0.0522. The Bertz CT molecular complexity index is 447. The Labute approximate surface area is 102 Å². The van der Waals surface area contributed by atoms with Crippen LogP contribution in [-0.4, -0.2) is 23.1 Å². The van der Waals surface area contributed by atoms with E-state index in [9.17, 15) is 13.6 Å². The lowest BCUT2D eigenvalue weighted by molar-refractivity contribution is -0.120. The van der Waals surface area contributed by atoms with Crippen molar-refractivity contribution in [2.75, 3.05) is 12.3 Å². The van der Waals surface area contributed by atoms with Crippen LogP contribution in [-0.2, 0) is 11.2 Å². The molecule has 6 heteroatoms. The number of primary amides is 1. The largest absolute Gasteiger partial charge is 0.367 e. The predicted octanol–water partition coefficient (Wildman–Crippen LogP) is 1.03. The second-order valence-corrected chi connectivity index (χ2v) is 5.27. The predicted molar refractivity (Wildman–Crippen MR) is 62.4 cm³/mol. The average Bonchev–Trinajstić information content (AvgIpc) is 2.73. The van der Waals surface area contributed by atoms with Crippen LogP contribution in [0.5, 0.6) is 0 Å². The summed E-state index contributed by atoms with van der Waals surface area (Å²) < 4.78 is 26.5. The summed E-state index contributed by atoms with van der Waals surface area (Å²) in [5, 5.41) is 2.96. The lowest BCUT2D eigenvalue weighted by Gasteiger charge is -2.24. The zero-order valence-electron chi connectivity index (χ0n) is 9.00. The molecule has 92 valence electrons. The standard InChI is InChI=1S/C11H12F2N2OS/c12-8-1-2-9(13)7(5-8)6-11(10(14)16)15-3-4-17-11/h1-2,5,15H,3-4,6H2,(H2,14,16). The smallest absolute Gasteiger partial charge is 0.248 e. The van der Waals surface area contributed by atoms with Crippen LogP contribution in [0.1, 0.15) is 5.56 Å². The van der Waals surface area contributed by atoms with Crippen LogP contribution in [0.4, 0.5) is 8.78 Å². The molecule has 1 aliphatic rings. The Balaban J connectivity index is 2.29. The van der Waals surface area contributed by atoms with E-state index in [1.165, 1.54) is 11.8 Å². The quantitative estimate of drug-likeness (QED) is 0.851. The van der Waals surface area contributed by atoms with Gasteiger partial charge in [-0.15, -0.1) is 11.8 Å². The molecule has 2 rings (SSSR count). The highest BCUT2D eigenvalue weighted by atomic mass is 32.2. The van der Waals surface area contributed by atoms with Crippen molar-refractivity contribution < 1.29 is 13.6 Å². The Morgan fingerprint density at radius 3 is 2.88 bits per heavy atom. The number of hydrogen-bond acceptors (Lipinski definition) is 3. The fourth-order valence-electron chi connectivity index (χ4n) is 1.84. The summed E-state index contributed by atoms with van der Waals surface area (Å²) in [6.07, 6.45) is 0.0522. The van der Waals surface area contributed by atoms with Crippen LogP contribution >= 0.6 is 11.8 Å². The van der Waals surface area contributed by atoms with Gasteiger partial charge in [-0.3, -0.25) is 10.1 Å². The third-order valence-corrected chi connectivity index (χ3v) is 4.10. The van der Waals surface area contributed by atoms with E-state index in [0.717, 1.165) is 24.0 Å². The van der Waals surface area contributed by atoms with Crippen LogP contribution in [0.25, 0.3) is 0 Å². The Hall–Kier alpha value is -1.14. The van der Waals surface area contributed by atoms with Gasteiger partial charge in [0, 0.05) is 18.7 Å². The van der Waals surface area contributed by atoms with Gasteiger partial charge in [0.1, 0.15) is 16.5 Å². The summed E-state index contributed by atoms with van der Waals surface area (Å²) >= 11 is 1.33. The third-order valence-electron chi connectivity index (χ3n) is 2.71. The summed E-state index contributed by atoms with van der Waals surface area (Å²) in [6.45, 7) is 0.630. The van der Waals surface area contributed by atoms with Crippen LogP contribution in [0, 0.1) is 11.6 Å². The molecule has 3 N–H and O–H groups in total. The highest BCUT2D eigenvalue weighted by Crippen LogP contribution is 2.31. The average molecular weight is 258 g/mol. The summed E-state index contributed by atoms with van der Waals surface area (Å²) in [6, 6.07) is 3.20. The summed E-state index contributed by atoms with van der Waals surface area (Å²) in [7, 11) is 0. The molecule has 1 aromatic rings. The van der Waals surface area contributed by atoms with Gasteiger partial charge >= 0.3 is 0 Å².